The topological polar surface area (TPSA) is 47.6 Å². The van der Waals surface area contributed by atoms with Gasteiger partial charge in [0.15, 0.2) is 11.5 Å². The zero-order valence-corrected chi connectivity index (χ0v) is 14.7. The zero-order valence-electron chi connectivity index (χ0n) is 14.7. The van der Waals surface area contributed by atoms with Gasteiger partial charge in [0.1, 0.15) is 13.2 Å². The predicted octanol–water partition coefficient (Wildman–Crippen LogP) is 4.01. The Bertz CT molecular complexity index is 592. The molecule has 1 amide bonds. The molecule has 1 aliphatic heterocycles. The number of rotatable bonds is 1. The minimum absolute atomic E-state index is 0.0699. The van der Waals surface area contributed by atoms with Gasteiger partial charge in [0, 0.05) is 12.5 Å². The van der Waals surface area contributed by atoms with Gasteiger partial charge in [-0.15, -0.1) is 0 Å². The average Bonchev–Trinajstić information content (AvgIpc) is 2.35. The van der Waals surface area contributed by atoms with Gasteiger partial charge in [-0.2, -0.15) is 0 Å². The van der Waals surface area contributed by atoms with Gasteiger partial charge in [0.2, 0.25) is 5.91 Å². The maximum Gasteiger partial charge on any atom is 0.221 e. The molecule has 1 aromatic carbocycles. The Kier molecular flexibility index (Phi) is 4.16. The van der Waals surface area contributed by atoms with Crippen molar-refractivity contribution in [2.24, 2.45) is 0 Å². The summed E-state index contributed by atoms with van der Waals surface area (Å²) in [6, 6.07) is 2.15. The molecule has 0 saturated heterocycles. The van der Waals surface area contributed by atoms with E-state index in [1.54, 1.807) is 0 Å². The van der Waals surface area contributed by atoms with E-state index in [0.717, 1.165) is 22.6 Å². The Morgan fingerprint density at radius 3 is 1.91 bits per heavy atom. The summed E-state index contributed by atoms with van der Waals surface area (Å²) in [6.45, 7) is 15.4. The van der Waals surface area contributed by atoms with E-state index in [9.17, 15) is 4.79 Å². The second kappa shape index (κ2) is 5.49. The number of hydrogen-bond donors (Lipinski definition) is 1. The van der Waals surface area contributed by atoms with Crippen LogP contribution in [-0.4, -0.2) is 19.1 Å². The first-order valence-corrected chi connectivity index (χ1v) is 7.77. The Balaban J connectivity index is 2.79. The van der Waals surface area contributed by atoms with Crippen LogP contribution in [0.1, 0.15) is 59.6 Å². The lowest BCUT2D eigenvalue weighted by molar-refractivity contribution is -0.114. The molecule has 22 heavy (non-hydrogen) atoms. The van der Waals surface area contributed by atoms with Gasteiger partial charge in [-0.05, 0) is 22.5 Å². The molecule has 0 radical (unpaired) electrons. The maximum atomic E-state index is 11.7. The van der Waals surface area contributed by atoms with Crippen LogP contribution in [0.25, 0.3) is 0 Å². The van der Waals surface area contributed by atoms with E-state index in [2.05, 4.69) is 52.9 Å². The zero-order chi connectivity index (χ0) is 16.7. The second-order valence-electron chi connectivity index (χ2n) is 7.88. The average molecular weight is 305 g/mol. The molecule has 0 saturated carbocycles. The van der Waals surface area contributed by atoms with Crippen LogP contribution >= 0.6 is 0 Å². The predicted molar refractivity (Wildman–Crippen MR) is 89.1 cm³/mol. The van der Waals surface area contributed by atoms with Gasteiger partial charge in [0.25, 0.3) is 0 Å². The van der Waals surface area contributed by atoms with E-state index in [1.165, 1.54) is 6.92 Å². The van der Waals surface area contributed by atoms with E-state index < -0.39 is 0 Å². The fourth-order valence-corrected chi connectivity index (χ4v) is 2.66. The molecular weight excluding hydrogens is 278 g/mol. The van der Waals surface area contributed by atoms with Crippen molar-refractivity contribution in [1.29, 1.82) is 0 Å². The molecule has 0 fully saturated rings. The normalized spacial score (nSPS) is 14.7. The standard InChI is InChI=1S/C18H27NO3/c1-11(20)19-14-12(17(2,3)4)10-13(18(5,6)7)15-16(14)22-9-8-21-15/h10H,8-9H2,1-7H3,(H,19,20). The number of hydrogen-bond acceptors (Lipinski definition) is 3. The van der Waals surface area contributed by atoms with E-state index in [4.69, 9.17) is 9.47 Å². The molecule has 0 bridgehead atoms. The Hall–Kier alpha value is -1.71. The van der Waals surface area contributed by atoms with Crippen LogP contribution in [0, 0.1) is 0 Å². The van der Waals surface area contributed by atoms with Crippen LogP contribution in [0.4, 0.5) is 5.69 Å². The third-order valence-electron chi connectivity index (χ3n) is 3.73. The summed E-state index contributed by atoms with van der Waals surface area (Å²) < 4.78 is 11.8. The van der Waals surface area contributed by atoms with E-state index in [-0.39, 0.29) is 16.7 Å². The molecule has 1 aromatic rings. The number of fused-ring (bicyclic) bond motifs is 1. The van der Waals surface area contributed by atoms with Crippen molar-refractivity contribution in [3.63, 3.8) is 0 Å². The first-order chi connectivity index (χ1) is 10.0. The molecule has 0 atom stereocenters. The third-order valence-corrected chi connectivity index (χ3v) is 3.73. The van der Waals surface area contributed by atoms with E-state index in [1.807, 2.05) is 0 Å². The molecule has 0 aromatic heterocycles. The second-order valence-corrected chi connectivity index (χ2v) is 7.88. The molecule has 2 rings (SSSR count). The lowest BCUT2D eigenvalue weighted by Crippen LogP contribution is -2.26. The van der Waals surface area contributed by atoms with E-state index in [0.29, 0.717) is 19.0 Å². The monoisotopic (exact) mass is 305 g/mol. The number of anilines is 1. The fraction of sp³-hybridized carbons (Fsp3) is 0.611. The van der Waals surface area contributed by atoms with Crippen LogP contribution < -0.4 is 14.8 Å². The lowest BCUT2D eigenvalue weighted by atomic mass is 9.78. The molecular formula is C18H27NO3. The van der Waals surface area contributed by atoms with Crippen molar-refractivity contribution in [3.05, 3.63) is 17.2 Å². The molecule has 122 valence electrons. The molecule has 0 aliphatic carbocycles. The van der Waals surface area contributed by atoms with Crippen molar-refractivity contribution >= 4 is 11.6 Å². The third kappa shape index (κ3) is 3.21. The first kappa shape index (κ1) is 16.7. The highest BCUT2D eigenvalue weighted by atomic mass is 16.6. The molecule has 1 heterocycles. The Labute approximate surface area is 133 Å². The molecule has 0 unspecified atom stereocenters. The van der Waals surface area contributed by atoms with Crippen LogP contribution in [0.2, 0.25) is 0 Å². The molecule has 0 spiro atoms. The summed E-state index contributed by atoms with van der Waals surface area (Å²) in [6.07, 6.45) is 0. The highest BCUT2D eigenvalue weighted by Gasteiger charge is 2.32. The summed E-state index contributed by atoms with van der Waals surface area (Å²) in [5.41, 5.74) is 2.73. The number of amides is 1. The number of carbonyl (C=O) groups excluding carboxylic acids is 1. The minimum Gasteiger partial charge on any atom is -0.486 e. The summed E-state index contributed by atoms with van der Waals surface area (Å²) in [5.74, 6) is 1.32. The summed E-state index contributed by atoms with van der Waals surface area (Å²) in [4.78, 5) is 11.7. The largest absolute Gasteiger partial charge is 0.486 e. The van der Waals surface area contributed by atoms with Crippen molar-refractivity contribution in [3.8, 4) is 11.5 Å². The fourth-order valence-electron chi connectivity index (χ4n) is 2.66. The van der Waals surface area contributed by atoms with Gasteiger partial charge in [-0.3, -0.25) is 4.79 Å². The molecule has 4 nitrogen and oxygen atoms in total. The Morgan fingerprint density at radius 1 is 0.955 bits per heavy atom. The van der Waals surface area contributed by atoms with Crippen molar-refractivity contribution < 1.29 is 14.3 Å². The van der Waals surface area contributed by atoms with Gasteiger partial charge >= 0.3 is 0 Å². The summed E-state index contributed by atoms with van der Waals surface area (Å²) in [7, 11) is 0. The lowest BCUT2D eigenvalue weighted by Gasteiger charge is -2.33. The van der Waals surface area contributed by atoms with Crippen molar-refractivity contribution in [2.75, 3.05) is 18.5 Å². The van der Waals surface area contributed by atoms with Crippen LogP contribution in [0.15, 0.2) is 6.07 Å². The minimum atomic E-state index is -0.117. The van der Waals surface area contributed by atoms with E-state index >= 15 is 0 Å². The Morgan fingerprint density at radius 2 is 1.45 bits per heavy atom. The number of nitrogens with one attached hydrogen (secondary N) is 1. The molecule has 4 heteroatoms. The van der Waals surface area contributed by atoms with Gasteiger partial charge < -0.3 is 14.8 Å². The van der Waals surface area contributed by atoms with Crippen LogP contribution in [-0.2, 0) is 15.6 Å². The summed E-state index contributed by atoms with van der Waals surface area (Å²) in [5, 5.41) is 2.94. The summed E-state index contributed by atoms with van der Waals surface area (Å²) >= 11 is 0. The number of carbonyl (C=O) groups is 1. The number of benzene rings is 1. The number of ether oxygens (including phenoxy) is 2. The van der Waals surface area contributed by atoms with Crippen LogP contribution in [0.5, 0.6) is 11.5 Å². The molecule has 1 aliphatic rings. The van der Waals surface area contributed by atoms with Gasteiger partial charge in [-0.25, -0.2) is 0 Å². The quantitative estimate of drug-likeness (QED) is 0.852. The highest BCUT2D eigenvalue weighted by Crippen LogP contribution is 2.49. The van der Waals surface area contributed by atoms with Crippen molar-refractivity contribution in [1.82, 2.24) is 0 Å². The smallest absolute Gasteiger partial charge is 0.221 e. The maximum absolute atomic E-state index is 11.7. The van der Waals surface area contributed by atoms with Crippen LogP contribution in [0.3, 0.4) is 0 Å². The first-order valence-electron chi connectivity index (χ1n) is 7.77. The molecule has 1 N–H and O–H groups in total. The van der Waals surface area contributed by atoms with Gasteiger partial charge in [-0.1, -0.05) is 41.5 Å². The SMILES string of the molecule is CC(=O)Nc1c(C(C)(C)C)cc(C(C)(C)C)c2c1OCCO2. The van der Waals surface area contributed by atoms with Gasteiger partial charge in [0.05, 0.1) is 5.69 Å². The highest BCUT2D eigenvalue weighted by molar-refractivity contribution is 5.93. The van der Waals surface area contributed by atoms with Crippen molar-refractivity contribution in [2.45, 2.75) is 59.3 Å².